The molecule has 0 aromatic rings. The molecule has 0 aromatic carbocycles. The summed E-state index contributed by atoms with van der Waals surface area (Å²) < 4.78 is 0. The largest absolute Gasteiger partial charge is 0.400 e. The van der Waals surface area contributed by atoms with Crippen LogP contribution < -0.4 is 0 Å². The zero-order valence-electron chi connectivity index (χ0n) is 2.56. The molecule has 0 atom stereocenters. The third-order valence-electron chi connectivity index (χ3n) is 0. The fourth-order valence-electron chi connectivity index (χ4n) is 0. The molecule has 1 nitrogen and oxygen atoms in total. The molecule has 0 spiro atoms. The molecular weight excluding hydrogens is 173 g/mol. The zero-order chi connectivity index (χ0) is 2.00. The number of hydrogen-bond acceptors (Lipinski definition) is 1. The van der Waals surface area contributed by atoms with Crippen LogP contribution in [0.1, 0.15) is 0 Å². The first-order valence-corrected chi connectivity index (χ1v) is 0.447. The van der Waals surface area contributed by atoms with Gasteiger partial charge in [-0.15, -0.1) is 17.0 Å². The molecule has 0 saturated heterocycles. The molecule has 0 rings (SSSR count). The molecule has 0 radical (unpaired) electrons. The number of rotatable bonds is 0. The molecule has 3 heteroatoms. The fourth-order valence-corrected chi connectivity index (χ4v) is 0. The van der Waals surface area contributed by atoms with E-state index in [0.29, 0.717) is 0 Å². The van der Waals surface area contributed by atoms with E-state index in [2.05, 4.69) is 0 Å². The van der Waals surface area contributed by atoms with Gasteiger partial charge in [-0.3, -0.25) is 0 Å². The molecule has 0 heterocycles. The van der Waals surface area contributed by atoms with Crippen LogP contribution in [0.2, 0.25) is 0 Å². The van der Waals surface area contributed by atoms with Crippen LogP contribution >= 0.6 is 17.0 Å². The van der Waals surface area contributed by atoms with Crippen LogP contribution in [-0.4, -0.2) is 12.2 Å². The SMILES string of the molecule is Br.CO.[Zn]. The first-order chi connectivity index (χ1) is 1.00. The molecule has 0 aliphatic heterocycles. The van der Waals surface area contributed by atoms with Gasteiger partial charge in [0.2, 0.25) is 0 Å². The minimum absolute atomic E-state index is 0. The van der Waals surface area contributed by atoms with E-state index in [1.807, 2.05) is 0 Å². The summed E-state index contributed by atoms with van der Waals surface area (Å²) in [7, 11) is 1.00. The summed E-state index contributed by atoms with van der Waals surface area (Å²) in [5, 5.41) is 7.00. The van der Waals surface area contributed by atoms with E-state index >= 15 is 0 Å². The van der Waals surface area contributed by atoms with Crippen LogP contribution in [0, 0.1) is 0 Å². The number of hydrogen-bond donors (Lipinski definition) is 1. The maximum Gasteiger partial charge on any atom is 0.0319 e. The summed E-state index contributed by atoms with van der Waals surface area (Å²) >= 11 is 0. The Bertz CT molecular complexity index is 8.00. The van der Waals surface area contributed by atoms with Crippen molar-refractivity contribution in [3.8, 4) is 0 Å². The molecule has 0 aliphatic carbocycles. The maximum atomic E-state index is 7.00. The molecule has 0 fully saturated rings. The van der Waals surface area contributed by atoms with Crippen molar-refractivity contribution in [2.24, 2.45) is 0 Å². The van der Waals surface area contributed by atoms with Crippen LogP contribution in [0.3, 0.4) is 0 Å². The minimum Gasteiger partial charge on any atom is -0.400 e. The van der Waals surface area contributed by atoms with Crippen LogP contribution in [0.15, 0.2) is 0 Å². The van der Waals surface area contributed by atoms with Crippen molar-refractivity contribution in [1.82, 2.24) is 0 Å². The molecule has 1 N–H and O–H groups in total. The average Bonchev–Trinajstić information content (AvgIpc) is 1.00. The van der Waals surface area contributed by atoms with Gasteiger partial charge in [0, 0.05) is 26.6 Å². The van der Waals surface area contributed by atoms with Crippen LogP contribution in [-0.2, 0) is 19.5 Å². The Kier molecular flexibility index (Phi) is 166. The standard InChI is InChI=1S/CH4O.BrH.Zn/c1-2;;/h2H,1H3;1H;. The molecule has 24 valence electrons. The van der Waals surface area contributed by atoms with E-state index < -0.39 is 0 Å². The Morgan fingerprint density at radius 2 is 1.25 bits per heavy atom. The first kappa shape index (κ1) is 19.6. The van der Waals surface area contributed by atoms with Gasteiger partial charge in [0.1, 0.15) is 0 Å². The zero-order valence-corrected chi connectivity index (χ0v) is 7.24. The van der Waals surface area contributed by atoms with Crippen LogP contribution in [0.4, 0.5) is 0 Å². The molecule has 4 heavy (non-hydrogen) atoms. The van der Waals surface area contributed by atoms with Crippen molar-refractivity contribution in [3.05, 3.63) is 0 Å². The summed E-state index contributed by atoms with van der Waals surface area (Å²) in [6, 6.07) is 0. The van der Waals surface area contributed by atoms with Crippen molar-refractivity contribution in [2.45, 2.75) is 0 Å². The topological polar surface area (TPSA) is 20.2 Å². The molecule has 0 saturated carbocycles. The van der Waals surface area contributed by atoms with Gasteiger partial charge in [0.15, 0.2) is 0 Å². The number of aliphatic hydroxyl groups is 1. The van der Waals surface area contributed by atoms with E-state index in [1.54, 1.807) is 0 Å². The summed E-state index contributed by atoms with van der Waals surface area (Å²) in [5.41, 5.74) is 0. The Labute approximate surface area is 48.9 Å². The van der Waals surface area contributed by atoms with Crippen LogP contribution in [0.5, 0.6) is 0 Å². The average molecular weight is 178 g/mol. The second-order valence-corrected chi connectivity index (χ2v) is 0. The van der Waals surface area contributed by atoms with Gasteiger partial charge in [-0.1, -0.05) is 0 Å². The fraction of sp³-hybridized carbons (Fsp3) is 1.00. The smallest absolute Gasteiger partial charge is 0.0319 e. The van der Waals surface area contributed by atoms with Gasteiger partial charge in [0.25, 0.3) is 0 Å². The summed E-state index contributed by atoms with van der Waals surface area (Å²) in [6.07, 6.45) is 0. The predicted molar refractivity (Wildman–Crippen MR) is 18.5 cm³/mol. The van der Waals surface area contributed by atoms with Crippen molar-refractivity contribution in [1.29, 1.82) is 0 Å². The van der Waals surface area contributed by atoms with Gasteiger partial charge in [0.05, 0.1) is 0 Å². The number of aliphatic hydroxyl groups excluding tert-OH is 1. The van der Waals surface area contributed by atoms with Gasteiger partial charge in [-0.2, -0.15) is 0 Å². The Hall–Kier alpha value is 1.06. The molecule has 0 bridgehead atoms. The Morgan fingerprint density at radius 3 is 1.25 bits per heavy atom. The predicted octanol–water partition coefficient (Wildman–Crippen LogP) is 0.184. The van der Waals surface area contributed by atoms with Gasteiger partial charge in [-0.25, -0.2) is 0 Å². The molecular formula is CH5BrOZn. The molecule has 0 unspecified atom stereocenters. The van der Waals surface area contributed by atoms with Crippen molar-refractivity contribution in [2.75, 3.05) is 7.11 Å². The van der Waals surface area contributed by atoms with E-state index in [9.17, 15) is 0 Å². The maximum absolute atomic E-state index is 7.00. The monoisotopic (exact) mass is 176 g/mol. The third-order valence-corrected chi connectivity index (χ3v) is 0. The molecule has 0 aliphatic rings. The quantitative estimate of drug-likeness (QED) is 0.525. The summed E-state index contributed by atoms with van der Waals surface area (Å²) in [4.78, 5) is 0. The normalized spacial score (nSPS) is 1.50. The summed E-state index contributed by atoms with van der Waals surface area (Å²) in [5.74, 6) is 0. The number of halogens is 1. The first-order valence-electron chi connectivity index (χ1n) is 0.447. The van der Waals surface area contributed by atoms with E-state index in [-0.39, 0.29) is 36.5 Å². The second-order valence-electron chi connectivity index (χ2n) is 0. The Balaban J connectivity index is -0.00000000500. The third kappa shape index (κ3) is 11.5. The van der Waals surface area contributed by atoms with E-state index in [0.717, 1.165) is 7.11 Å². The summed E-state index contributed by atoms with van der Waals surface area (Å²) in [6.45, 7) is 0. The van der Waals surface area contributed by atoms with Crippen molar-refractivity contribution >= 4 is 17.0 Å². The Morgan fingerprint density at radius 1 is 1.25 bits per heavy atom. The minimum atomic E-state index is 0. The van der Waals surface area contributed by atoms with Crippen molar-refractivity contribution in [3.63, 3.8) is 0 Å². The van der Waals surface area contributed by atoms with Gasteiger partial charge >= 0.3 is 0 Å². The van der Waals surface area contributed by atoms with Crippen molar-refractivity contribution < 1.29 is 24.6 Å². The van der Waals surface area contributed by atoms with E-state index in [1.165, 1.54) is 0 Å². The van der Waals surface area contributed by atoms with E-state index in [4.69, 9.17) is 5.11 Å². The van der Waals surface area contributed by atoms with Gasteiger partial charge in [-0.05, 0) is 0 Å². The molecule has 0 aromatic heterocycles. The second kappa shape index (κ2) is 33.7. The van der Waals surface area contributed by atoms with Gasteiger partial charge < -0.3 is 5.11 Å². The molecule has 0 amide bonds. The van der Waals surface area contributed by atoms with Crippen LogP contribution in [0.25, 0.3) is 0 Å².